The molecule has 0 saturated carbocycles. The summed E-state index contributed by atoms with van der Waals surface area (Å²) in [4.78, 5) is 26.6. The Balaban J connectivity index is 1.74. The lowest BCUT2D eigenvalue weighted by Crippen LogP contribution is -2.29. The lowest BCUT2D eigenvalue weighted by Gasteiger charge is -2.21. The molecular weight excluding hydrogens is 324 g/mol. The molecule has 1 fully saturated rings. The number of aryl methyl sites for hydroxylation is 2. The Hall–Kier alpha value is -2.33. The maximum absolute atomic E-state index is 12.5. The quantitative estimate of drug-likeness (QED) is 0.918. The van der Waals surface area contributed by atoms with Gasteiger partial charge in [0.25, 0.3) is 0 Å². The normalized spacial score (nSPS) is 17.2. The molecule has 2 aromatic carbocycles. The summed E-state index contributed by atoms with van der Waals surface area (Å²) in [5.74, 6) is -0.504. The first-order chi connectivity index (χ1) is 11.5. The van der Waals surface area contributed by atoms with Crippen molar-refractivity contribution in [2.75, 3.05) is 16.8 Å². The largest absolute Gasteiger partial charge is 0.326 e. The van der Waals surface area contributed by atoms with E-state index in [1.807, 2.05) is 32.0 Å². The Morgan fingerprint density at radius 2 is 1.75 bits per heavy atom. The summed E-state index contributed by atoms with van der Waals surface area (Å²) in [5.41, 5.74) is 3.69. The highest BCUT2D eigenvalue weighted by Gasteiger charge is 2.36. The Morgan fingerprint density at radius 3 is 2.38 bits per heavy atom. The third-order valence-electron chi connectivity index (χ3n) is 4.32. The summed E-state index contributed by atoms with van der Waals surface area (Å²) in [6.45, 7) is 4.37. The Labute approximate surface area is 146 Å². The lowest BCUT2D eigenvalue weighted by atomic mass is 10.1. The molecule has 124 valence electrons. The smallest absolute Gasteiger partial charge is 0.229 e. The minimum absolute atomic E-state index is 0.0105. The molecule has 0 aliphatic carbocycles. The number of para-hydroxylation sites is 1. The van der Waals surface area contributed by atoms with E-state index in [2.05, 4.69) is 5.32 Å². The van der Waals surface area contributed by atoms with Gasteiger partial charge in [-0.15, -0.1) is 0 Å². The van der Waals surface area contributed by atoms with Crippen molar-refractivity contribution in [2.45, 2.75) is 20.3 Å². The SMILES string of the molecule is Cc1cccc(C)c1N1C[C@@H](C(=O)Nc2ccc(Cl)cc2)CC1=O. The first kappa shape index (κ1) is 16.5. The van der Waals surface area contributed by atoms with E-state index < -0.39 is 0 Å². The number of hydrogen-bond donors (Lipinski definition) is 1. The zero-order chi connectivity index (χ0) is 17.3. The van der Waals surface area contributed by atoms with Crippen LogP contribution in [0, 0.1) is 19.8 Å². The summed E-state index contributed by atoms with van der Waals surface area (Å²) in [5, 5.41) is 3.47. The summed E-state index contributed by atoms with van der Waals surface area (Å²) < 4.78 is 0. The van der Waals surface area contributed by atoms with Crippen molar-refractivity contribution in [3.63, 3.8) is 0 Å². The molecule has 3 rings (SSSR count). The number of hydrogen-bond acceptors (Lipinski definition) is 2. The van der Waals surface area contributed by atoms with Gasteiger partial charge in [0, 0.05) is 29.4 Å². The summed E-state index contributed by atoms with van der Waals surface area (Å²) >= 11 is 5.85. The van der Waals surface area contributed by atoms with Crippen LogP contribution in [0.15, 0.2) is 42.5 Å². The number of nitrogens with zero attached hydrogens (tertiary/aromatic N) is 1. The van der Waals surface area contributed by atoms with Crippen molar-refractivity contribution < 1.29 is 9.59 Å². The molecule has 5 heteroatoms. The number of benzene rings is 2. The number of anilines is 2. The number of amides is 2. The fourth-order valence-corrected chi connectivity index (χ4v) is 3.23. The van der Waals surface area contributed by atoms with Gasteiger partial charge < -0.3 is 10.2 Å². The van der Waals surface area contributed by atoms with Crippen molar-refractivity contribution in [2.24, 2.45) is 5.92 Å². The number of nitrogens with one attached hydrogen (secondary N) is 1. The molecule has 1 atom stereocenters. The van der Waals surface area contributed by atoms with Crippen molar-refractivity contribution in [1.29, 1.82) is 0 Å². The highest BCUT2D eigenvalue weighted by Crippen LogP contribution is 2.31. The van der Waals surface area contributed by atoms with Crippen LogP contribution in [0.4, 0.5) is 11.4 Å². The first-order valence-electron chi connectivity index (χ1n) is 7.88. The van der Waals surface area contributed by atoms with Gasteiger partial charge in [0.2, 0.25) is 11.8 Å². The molecule has 1 N–H and O–H groups in total. The van der Waals surface area contributed by atoms with Crippen molar-refractivity contribution >= 4 is 34.8 Å². The maximum atomic E-state index is 12.5. The number of rotatable bonds is 3. The monoisotopic (exact) mass is 342 g/mol. The van der Waals surface area contributed by atoms with E-state index in [9.17, 15) is 9.59 Å². The van der Waals surface area contributed by atoms with Crippen molar-refractivity contribution in [3.8, 4) is 0 Å². The molecule has 1 heterocycles. The topological polar surface area (TPSA) is 49.4 Å². The van der Waals surface area contributed by atoms with Crippen LogP contribution in [-0.4, -0.2) is 18.4 Å². The van der Waals surface area contributed by atoms with Gasteiger partial charge in [0.1, 0.15) is 0 Å². The Bertz CT molecular complexity index is 766. The maximum Gasteiger partial charge on any atom is 0.229 e. The van der Waals surface area contributed by atoms with E-state index in [1.165, 1.54) is 0 Å². The average Bonchev–Trinajstić information content (AvgIpc) is 2.91. The standard InChI is InChI=1S/C19H19ClN2O2/c1-12-4-3-5-13(2)18(12)22-11-14(10-17(22)23)19(24)21-16-8-6-15(20)7-9-16/h3-9,14H,10-11H2,1-2H3,(H,21,24)/t14-/m0/s1. The Morgan fingerprint density at radius 1 is 1.12 bits per heavy atom. The van der Waals surface area contributed by atoms with E-state index in [4.69, 9.17) is 11.6 Å². The molecule has 0 aromatic heterocycles. The van der Waals surface area contributed by atoms with Gasteiger partial charge in [-0.05, 0) is 49.2 Å². The molecule has 4 nitrogen and oxygen atoms in total. The third kappa shape index (κ3) is 3.29. The molecule has 1 saturated heterocycles. The number of carbonyl (C=O) groups is 2. The second-order valence-corrected chi connectivity index (χ2v) is 6.58. The van der Waals surface area contributed by atoms with Gasteiger partial charge in [-0.1, -0.05) is 29.8 Å². The van der Waals surface area contributed by atoms with Crippen LogP contribution in [-0.2, 0) is 9.59 Å². The zero-order valence-electron chi connectivity index (χ0n) is 13.7. The fraction of sp³-hybridized carbons (Fsp3) is 0.263. The predicted molar refractivity (Wildman–Crippen MR) is 96.5 cm³/mol. The summed E-state index contributed by atoms with van der Waals surface area (Å²) in [6.07, 6.45) is 0.229. The number of halogens is 1. The van der Waals surface area contributed by atoms with Crippen LogP contribution >= 0.6 is 11.6 Å². The van der Waals surface area contributed by atoms with E-state index >= 15 is 0 Å². The highest BCUT2D eigenvalue weighted by atomic mass is 35.5. The average molecular weight is 343 g/mol. The second kappa shape index (κ2) is 6.65. The van der Waals surface area contributed by atoms with Crippen molar-refractivity contribution in [1.82, 2.24) is 0 Å². The van der Waals surface area contributed by atoms with Gasteiger partial charge >= 0.3 is 0 Å². The van der Waals surface area contributed by atoms with E-state index in [-0.39, 0.29) is 24.2 Å². The molecule has 2 amide bonds. The van der Waals surface area contributed by atoms with Gasteiger partial charge in [-0.2, -0.15) is 0 Å². The number of carbonyl (C=O) groups excluding carboxylic acids is 2. The summed E-state index contributed by atoms with van der Waals surface area (Å²) in [6, 6.07) is 12.9. The van der Waals surface area contributed by atoms with Crippen LogP contribution in [0.1, 0.15) is 17.5 Å². The van der Waals surface area contributed by atoms with E-state index in [0.717, 1.165) is 16.8 Å². The lowest BCUT2D eigenvalue weighted by molar-refractivity contribution is -0.122. The molecule has 0 bridgehead atoms. The molecule has 2 aromatic rings. The highest BCUT2D eigenvalue weighted by molar-refractivity contribution is 6.30. The molecule has 1 aliphatic rings. The minimum Gasteiger partial charge on any atom is -0.326 e. The van der Waals surface area contributed by atoms with Crippen LogP contribution < -0.4 is 10.2 Å². The van der Waals surface area contributed by atoms with Gasteiger partial charge in [0.05, 0.1) is 5.92 Å². The van der Waals surface area contributed by atoms with Crippen molar-refractivity contribution in [3.05, 3.63) is 58.6 Å². The summed E-state index contributed by atoms with van der Waals surface area (Å²) in [7, 11) is 0. The predicted octanol–water partition coefficient (Wildman–Crippen LogP) is 3.95. The van der Waals surface area contributed by atoms with Gasteiger partial charge in [-0.25, -0.2) is 0 Å². The minimum atomic E-state index is -0.354. The van der Waals surface area contributed by atoms with Gasteiger partial charge in [0.15, 0.2) is 0 Å². The second-order valence-electron chi connectivity index (χ2n) is 6.14. The Kier molecular flexibility index (Phi) is 4.58. The first-order valence-corrected chi connectivity index (χ1v) is 8.26. The van der Waals surface area contributed by atoms with Crippen LogP contribution in [0.2, 0.25) is 5.02 Å². The molecular formula is C19H19ClN2O2. The molecule has 24 heavy (non-hydrogen) atoms. The van der Waals surface area contributed by atoms with Gasteiger partial charge in [-0.3, -0.25) is 9.59 Å². The van der Waals surface area contributed by atoms with Crippen LogP contribution in [0.5, 0.6) is 0 Å². The van der Waals surface area contributed by atoms with E-state index in [1.54, 1.807) is 29.2 Å². The molecule has 0 radical (unpaired) electrons. The van der Waals surface area contributed by atoms with Crippen LogP contribution in [0.25, 0.3) is 0 Å². The molecule has 1 aliphatic heterocycles. The molecule has 0 spiro atoms. The fourth-order valence-electron chi connectivity index (χ4n) is 3.11. The molecule has 0 unspecified atom stereocenters. The zero-order valence-corrected chi connectivity index (χ0v) is 14.4. The van der Waals surface area contributed by atoms with E-state index in [0.29, 0.717) is 17.3 Å². The third-order valence-corrected chi connectivity index (χ3v) is 4.57. The van der Waals surface area contributed by atoms with Crippen LogP contribution in [0.3, 0.4) is 0 Å².